The summed E-state index contributed by atoms with van der Waals surface area (Å²) in [6.07, 6.45) is 2.41. The van der Waals surface area contributed by atoms with Crippen LogP contribution in [-0.2, 0) is 6.54 Å². The van der Waals surface area contributed by atoms with Gasteiger partial charge in [0.1, 0.15) is 0 Å². The first-order valence-electron chi connectivity index (χ1n) is 10.3. The van der Waals surface area contributed by atoms with Crippen molar-refractivity contribution < 1.29 is 19.3 Å². The molecule has 0 radical (unpaired) electrons. The lowest BCUT2D eigenvalue weighted by molar-refractivity contribution is 0.0515. The van der Waals surface area contributed by atoms with E-state index in [9.17, 15) is 0 Å². The number of benzene rings is 1. The zero-order valence-electron chi connectivity index (χ0n) is 17.5. The highest BCUT2D eigenvalue weighted by atomic mass is 16.5. The van der Waals surface area contributed by atoms with Crippen LogP contribution in [0.4, 0.5) is 0 Å². The lowest BCUT2D eigenvalue weighted by atomic mass is 10.0. The van der Waals surface area contributed by atoms with Crippen LogP contribution in [0.5, 0.6) is 17.2 Å². The van der Waals surface area contributed by atoms with E-state index in [4.69, 9.17) is 19.3 Å². The van der Waals surface area contributed by atoms with E-state index in [0.717, 1.165) is 63.7 Å². The summed E-state index contributed by atoms with van der Waals surface area (Å²) < 4.78 is 16.5. The second kappa shape index (κ2) is 10.3. The Morgan fingerprint density at radius 1 is 0.857 bits per heavy atom. The summed E-state index contributed by atoms with van der Waals surface area (Å²) in [7, 11) is 4.98. The van der Waals surface area contributed by atoms with Crippen LogP contribution in [0.3, 0.4) is 0 Å². The second-order valence-electron chi connectivity index (χ2n) is 7.60. The summed E-state index contributed by atoms with van der Waals surface area (Å²) in [6.45, 7) is 8.51. The summed E-state index contributed by atoms with van der Waals surface area (Å²) in [5.41, 5.74) is 1.14. The van der Waals surface area contributed by atoms with Crippen molar-refractivity contribution in [3.05, 3.63) is 17.7 Å². The molecule has 0 unspecified atom stereocenters. The Balaban J connectivity index is 1.54. The van der Waals surface area contributed by atoms with Crippen LogP contribution in [0.15, 0.2) is 12.1 Å². The molecule has 0 aromatic heterocycles. The van der Waals surface area contributed by atoms with Crippen molar-refractivity contribution in [3.8, 4) is 17.2 Å². The van der Waals surface area contributed by atoms with Gasteiger partial charge in [-0.2, -0.15) is 0 Å². The van der Waals surface area contributed by atoms with Crippen molar-refractivity contribution in [3.63, 3.8) is 0 Å². The highest BCUT2D eigenvalue weighted by molar-refractivity contribution is 5.55. The van der Waals surface area contributed by atoms with E-state index in [1.165, 1.54) is 12.8 Å². The number of β-amino-alcohol motifs (C(OH)–C–C–N with tert-alkyl or cyclic N) is 1. The number of ether oxygens (including phenoxy) is 3. The average Bonchev–Trinajstić information content (AvgIpc) is 2.74. The number of rotatable bonds is 8. The molecule has 1 aromatic rings. The minimum atomic E-state index is 0.262. The Morgan fingerprint density at radius 3 is 2.11 bits per heavy atom. The van der Waals surface area contributed by atoms with Gasteiger partial charge in [0.05, 0.1) is 27.9 Å². The van der Waals surface area contributed by atoms with E-state index in [-0.39, 0.29) is 6.61 Å². The largest absolute Gasteiger partial charge is 0.493 e. The number of hydrogen-bond donors (Lipinski definition) is 1. The van der Waals surface area contributed by atoms with Crippen LogP contribution in [0.1, 0.15) is 18.4 Å². The Hall–Kier alpha value is -1.54. The summed E-state index contributed by atoms with van der Waals surface area (Å²) in [6, 6.07) is 4.71. The van der Waals surface area contributed by atoms with Gasteiger partial charge in [0, 0.05) is 50.9 Å². The molecular formula is C21H35N3O4. The molecule has 2 heterocycles. The molecule has 0 bridgehead atoms. The van der Waals surface area contributed by atoms with Gasteiger partial charge in [0.15, 0.2) is 11.5 Å². The number of methoxy groups -OCH3 is 3. The highest BCUT2D eigenvalue weighted by Crippen LogP contribution is 2.40. The monoisotopic (exact) mass is 393 g/mol. The van der Waals surface area contributed by atoms with Crippen LogP contribution in [0, 0.1) is 0 Å². The summed E-state index contributed by atoms with van der Waals surface area (Å²) in [4.78, 5) is 7.50. The van der Waals surface area contributed by atoms with Gasteiger partial charge in [-0.3, -0.25) is 14.7 Å². The average molecular weight is 394 g/mol. The van der Waals surface area contributed by atoms with E-state index in [2.05, 4.69) is 20.8 Å². The Kier molecular flexibility index (Phi) is 7.79. The van der Waals surface area contributed by atoms with E-state index in [1.54, 1.807) is 21.3 Å². The Bertz CT molecular complexity index is 612. The van der Waals surface area contributed by atoms with E-state index in [1.807, 2.05) is 6.07 Å². The van der Waals surface area contributed by atoms with Gasteiger partial charge in [0.25, 0.3) is 0 Å². The second-order valence-corrected chi connectivity index (χ2v) is 7.60. The number of aliphatic hydroxyl groups is 1. The van der Waals surface area contributed by atoms with Crippen molar-refractivity contribution in [2.45, 2.75) is 25.4 Å². The summed E-state index contributed by atoms with van der Waals surface area (Å²) >= 11 is 0. The molecule has 2 saturated heterocycles. The smallest absolute Gasteiger partial charge is 0.203 e. The molecular weight excluding hydrogens is 358 g/mol. The van der Waals surface area contributed by atoms with Gasteiger partial charge in [-0.15, -0.1) is 0 Å². The summed E-state index contributed by atoms with van der Waals surface area (Å²) in [5.74, 6) is 2.13. The van der Waals surface area contributed by atoms with Crippen LogP contribution < -0.4 is 14.2 Å². The molecule has 158 valence electrons. The molecule has 0 saturated carbocycles. The van der Waals surface area contributed by atoms with E-state index >= 15 is 0 Å². The summed E-state index contributed by atoms with van der Waals surface area (Å²) in [5, 5.41) is 9.10. The van der Waals surface area contributed by atoms with Gasteiger partial charge in [0.2, 0.25) is 5.75 Å². The lowest BCUT2D eigenvalue weighted by Crippen LogP contribution is -2.53. The number of piperazine rings is 1. The number of likely N-dealkylation sites (tertiary alicyclic amines) is 1. The highest BCUT2D eigenvalue weighted by Gasteiger charge is 2.28. The topological polar surface area (TPSA) is 57.6 Å². The number of piperidine rings is 1. The maximum Gasteiger partial charge on any atom is 0.203 e. The molecule has 0 amide bonds. The molecule has 28 heavy (non-hydrogen) atoms. The number of nitrogens with zero attached hydrogens (tertiary/aromatic N) is 3. The predicted octanol–water partition coefficient (Wildman–Crippen LogP) is 1.29. The number of hydrogen-bond acceptors (Lipinski definition) is 7. The fourth-order valence-corrected chi connectivity index (χ4v) is 4.46. The molecule has 0 atom stereocenters. The van der Waals surface area contributed by atoms with Crippen molar-refractivity contribution in [2.75, 3.05) is 73.7 Å². The third-order valence-corrected chi connectivity index (χ3v) is 6.08. The van der Waals surface area contributed by atoms with Crippen LogP contribution in [0.2, 0.25) is 0 Å². The van der Waals surface area contributed by atoms with Gasteiger partial charge < -0.3 is 19.3 Å². The standard InChI is InChI=1S/C21H35N3O4/c1-26-19-5-4-17(20(27-2)21(19)28-3)16-23-8-6-18(7-9-23)24-12-10-22(11-13-24)14-15-25/h4-5,18,25H,6-16H2,1-3H3. The Morgan fingerprint density at radius 2 is 1.54 bits per heavy atom. The molecule has 2 fully saturated rings. The van der Waals surface area contributed by atoms with Gasteiger partial charge in [-0.25, -0.2) is 0 Å². The SMILES string of the molecule is COc1ccc(CN2CCC(N3CCN(CCO)CC3)CC2)c(OC)c1OC. The molecule has 3 rings (SSSR count). The van der Waals surface area contributed by atoms with Gasteiger partial charge in [-0.1, -0.05) is 6.07 Å². The van der Waals surface area contributed by atoms with Crippen molar-refractivity contribution in [1.82, 2.24) is 14.7 Å². The van der Waals surface area contributed by atoms with E-state index < -0.39 is 0 Å². The fourth-order valence-electron chi connectivity index (χ4n) is 4.46. The molecule has 7 heteroatoms. The zero-order valence-corrected chi connectivity index (χ0v) is 17.5. The molecule has 1 N–H and O–H groups in total. The predicted molar refractivity (Wildman–Crippen MR) is 109 cm³/mol. The quantitative estimate of drug-likeness (QED) is 0.714. The Labute approximate surface area is 168 Å². The minimum absolute atomic E-state index is 0.262. The first-order chi connectivity index (χ1) is 13.7. The third kappa shape index (κ3) is 4.89. The minimum Gasteiger partial charge on any atom is -0.493 e. The van der Waals surface area contributed by atoms with Crippen molar-refractivity contribution in [2.24, 2.45) is 0 Å². The first kappa shape index (κ1) is 21.2. The maximum absolute atomic E-state index is 9.10. The third-order valence-electron chi connectivity index (χ3n) is 6.08. The fraction of sp³-hybridized carbons (Fsp3) is 0.714. The van der Waals surface area contributed by atoms with Crippen molar-refractivity contribution in [1.29, 1.82) is 0 Å². The number of aliphatic hydroxyl groups excluding tert-OH is 1. The zero-order chi connectivity index (χ0) is 19.9. The maximum atomic E-state index is 9.10. The molecule has 0 aliphatic carbocycles. The molecule has 1 aromatic carbocycles. The van der Waals surface area contributed by atoms with Crippen LogP contribution in [0.25, 0.3) is 0 Å². The first-order valence-corrected chi connectivity index (χ1v) is 10.3. The normalized spacial score (nSPS) is 20.3. The van der Waals surface area contributed by atoms with E-state index in [0.29, 0.717) is 17.5 Å². The van der Waals surface area contributed by atoms with Crippen LogP contribution in [-0.4, -0.2) is 99.6 Å². The molecule has 0 spiro atoms. The molecule has 2 aliphatic rings. The molecule has 7 nitrogen and oxygen atoms in total. The van der Waals surface area contributed by atoms with Gasteiger partial charge in [-0.05, 0) is 32.0 Å². The lowest BCUT2D eigenvalue weighted by Gasteiger charge is -2.42. The van der Waals surface area contributed by atoms with Gasteiger partial charge >= 0.3 is 0 Å². The van der Waals surface area contributed by atoms with Crippen LogP contribution >= 0.6 is 0 Å². The van der Waals surface area contributed by atoms with Crippen molar-refractivity contribution >= 4 is 0 Å². The molecule has 2 aliphatic heterocycles.